The molecule has 17 heteroatoms. The van der Waals surface area contributed by atoms with E-state index in [4.69, 9.17) is 0 Å². The lowest BCUT2D eigenvalue weighted by molar-refractivity contribution is -0.128. The predicted octanol–water partition coefficient (Wildman–Crippen LogP) is 6.71. The highest BCUT2D eigenvalue weighted by Crippen LogP contribution is 2.36. The second kappa shape index (κ2) is 12.3. The molecule has 0 atom stereocenters. The van der Waals surface area contributed by atoms with Crippen molar-refractivity contribution in [3.8, 4) is 0 Å². The Labute approximate surface area is 269 Å². The van der Waals surface area contributed by atoms with E-state index in [-0.39, 0.29) is 18.3 Å². The molecule has 10 nitrogen and oxygen atoms in total. The van der Waals surface area contributed by atoms with Crippen molar-refractivity contribution in [2.24, 2.45) is 0 Å². The maximum absolute atomic E-state index is 15.4. The van der Waals surface area contributed by atoms with Crippen molar-refractivity contribution in [3.05, 3.63) is 81.0 Å². The van der Waals surface area contributed by atoms with Gasteiger partial charge in [-0.25, -0.2) is 34.8 Å². The van der Waals surface area contributed by atoms with Crippen LogP contribution in [0.15, 0.2) is 73.3 Å². The molecule has 3 aromatic rings. The number of carbonyl (C=O) groups is 2. The number of amides is 2. The highest BCUT2D eigenvalue weighted by molar-refractivity contribution is 9.10. The Morgan fingerprint density at radius 2 is 1.20 bits per heavy atom. The normalized spacial score (nSPS) is 12.5. The van der Waals surface area contributed by atoms with Crippen molar-refractivity contribution in [2.75, 3.05) is 9.03 Å². The van der Waals surface area contributed by atoms with Gasteiger partial charge in [0.05, 0.1) is 18.7 Å². The topological polar surface area (TPSA) is 141 Å². The molecule has 0 aliphatic carbocycles. The molecule has 0 spiro atoms. The van der Waals surface area contributed by atoms with E-state index in [1.807, 2.05) is 0 Å². The molecule has 0 heterocycles. The molecule has 0 radical (unpaired) electrons. The van der Waals surface area contributed by atoms with Gasteiger partial charge < -0.3 is 10.4 Å². The van der Waals surface area contributed by atoms with Crippen LogP contribution in [0.5, 0.6) is 0 Å². The molecule has 0 aromatic heterocycles. The summed E-state index contributed by atoms with van der Waals surface area (Å²) in [5.74, 6) is -4.48. The Balaban J connectivity index is 2.26. The SMILES string of the molecule is CC(C)(C)N(C(=O)O)C(C)(C)C(=O)Nc1ccc(F)c(N(S(=O)(=O)c2ccc(Br)c(F)c2)S(=O)(=O)c2ccc(Br)c(F)c2)c1. The van der Waals surface area contributed by atoms with Crippen LogP contribution in [0.25, 0.3) is 0 Å². The van der Waals surface area contributed by atoms with Crippen molar-refractivity contribution in [1.29, 1.82) is 0 Å². The van der Waals surface area contributed by atoms with Gasteiger partial charge in [0.2, 0.25) is 5.91 Å². The Hall–Kier alpha value is -3.15. The lowest BCUT2D eigenvalue weighted by Crippen LogP contribution is -2.61. The number of hydrogen-bond acceptors (Lipinski definition) is 6. The fraction of sp³-hybridized carbons (Fsp3) is 0.259. The molecule has 3 aromatic carbocycles. The highest BCUT2D eigenvalue weighted by Gasteiger charge is 2.44. The van der Waals surface area contributed by atoms with E-state index in [2.05, 4.69) is 37.2 Å². The van der Waals surface area contributed by atoms with Crippen LogP contribution >= 0.6 is 31.9 Å². The van der Waals surface area contributed by atoms with E-state index in [0.29, 0.717) is 24.3 Å². The van der Waals surface area contributed by atoms with Crippen molar-refractivity contribution in [1.82, 2.24) is 4.90 Å². The zero-order valence-corrected chi connectivity index (χ0v) is 28.5. The van der Waals surface area contributed by atoms with Crippen LogP contribution < -0.4 is 9.03 Å². The minimum atomic E-state index is -5.35. The summed E-state index contributed by atoms with van der Waals surface area (Å²) in [6.07, 6.45) is -1.43. The van der Waals surface area contributed by atoms with Gasteiger partial charge in [0, 0.05) is 11.2 Å². The molecule has 0 bridgehead atoms. The van der Waals surface area contributed by atoms with E-state index in [1.54, 1.807) is 20.8 Å². The van der Waals surface area contributed by atoms with Gasteiger partial charge >= 0.3 is 6.09 Å². The van der Waals surface area contributed by atoms with Gasteiger partial charge in [-0.15, -0.1) is 0 Å². The quantitative estimate of drug-likeness (QED) is 0.259. The standard InChI is InChI=1S/C27H26Br2F3N3O7S2/c1-26(2,3)34(25(37)38)27(4,5)24(36)33-15-6-11-20(30)23(12-15)35(43(39,40)16-7-9-18(28)21(31)13-16)44(41,42)17-8-10-19(29)22(32)14-17/h6-14H,1-5H3,(H,33,36)(H,37,38). The van der Waals surface area contributed by atoms with Gasteiger partial charge in [0.25, 0.3) is 20.0 Å². The third-order valence-electron chi connectivity index (χ3n) is 6.19. The summed E-state index contributed by atoms with van der Waals surface area (Å²) in [5, 5.41) is 12.1. The smallest absolute Gasteiger partial charge is 0.408 e. The van der Waals surface area contributed by atoms with E-state index in [9.17, 15) is 40.3 Å². The zero-order chi connectivity index (χ0) is 33.6. The Morgan fingerprint density at radius 3 is 1.59 bits per heavy atom. The molecule has 0 fully saturated rings. The first-order valence-electron chi connectivity index (χ1n) is 12.4. The van der Waals surface area contributed by atoms with Crippen LogP contribution in [0.1, 0.15) is 34.6 Å². The largest absolute Gasteiger partial charge is 0.465 e. The molecular weight excluding hydrogens is 759 g/mol. The molecule has 2 N–H and O–H groups in total. The van der Waals surface area contributed by atoms with Gasteiger partial charge in [-0.1, -0.05) is 0 Å². The third kappa shape index (κ3) is 6.89. The molecule has 0 saturated heterocycles. The third-order valence-corrected chi connectivity index (χ3v) is 11.6. The van der Waals surface area contributed by atoms with Crippen LogP contribution in [0, 0.1) is 17.5 Å². The van der Waals surface area contributed by atoms with Gasteiger partial charge in [-0.2, -0.15) is 3.71 Å². The first-order valence-corrected chi connectivity index (χ1v) is 16.8. The summed E-state index contributed by atoms with van der Waals surface area (Å²) in [5.41, 5.74) is -4.24. The molecule has 2 amide bonds. The number of nitrogens with one attached hydrogen (secondary N) is 1. The number of hydrogen-bond donors (Lipinski definition) is 2. The predicted molar refractivity (Wildman–Crippen MR) is 164 cm³/mol. The second-order valence-electron chi connectivity index (χ2n) is 10.8. The van der Waals surface area contributed by atoms with E-state index in [0.717, 1.165) is 35.2 Å². The fourth-order valence-electron chi connectivity index (χ4n) is 4.33. The number of anilines is 2. The molecule has 0 aliphatic heterocycles. The van der Waals surface area contributed by atoms with Crippen molar-refractivity contribution in [2.45, 2.75) is 55.5 Å². The van der Waals surface area contributed by atoms with Crippen LogP contribution in [-0.4, -0.2) is 49.9 Å². The molecule has 0 aliphatic rings. The van der Waals surface area contributed by atoms with Crippen LogP contribution in [0.4, 0.5) is 29.3 Å². The first-order chi connectivity index (χ1) is 20.0. The average molecular weight is 785 g/mol. The fourth-order valence-corrected chi connectivity index (χ4v) is 8.54. The molecular formula is C27H26Br2F3N3O7S2. The Morgan fingerprint density at radius 1 is 0.750 bits per heavy atom. The number of rotatable bonds is 8. The van der Waals surface area contributed by atoms with Crippen LogP contribution in [-0.2, 0) is 24.8 Å². The number of sulfonamides is 2. The van der Waals surface area contributed by atoms with Gasteiger partial charge in [0.1, 0.15) is 28.7 Å². The van der Waals surface area contributed by atoms with E-state index < -0.39 is 76.1 Å². The Bertz CT molecular complexity index is 1790. The van der Waals surface area contributed by atoms with Crippen molar-refractivity contribution in [3.63, 3.8) is 0 Å². The molecule has 44 heavy (non-hydrogen) atoms. The Kier molecular flexibility index (Phi) is 9.90. The first kappa shape index (κ1) is 35.3. The molecule has 0 unspecified atom stereocenters. The van der Waals surface area contributed by atoms with Crippen LogP contribution in [0.3, 0.4) is 0 Å². The van der Waals surface area contributed by atoms with E-state index >= 15 is 4.39 Å². The number of carbonyl (C=O) groups excluding carboxylic acids is 1. The number of halogens is 5. The lowest BCUT2D eigenvalue weighted by atomic mass is 9.94. The van der Waals surface area contributed by atoms with Crippen molar-refractivity contribution >= 4 is 75.3 Å². The molecule has 0 saturated carbocycles. The molecule has 238 valence electrons. The average Bonchev–Trinajstić information content (AvgIpc) is 2.87. The van der Waals surface area contributed by atoms with Crippen molar-refractivity contribution < 1.29 is 44.7 Å². The summed E-state index contributed by atoms with van der Waals surface area (Å²) in [7, 11) is -10.7. The summed E-state index contributed by atoms with van der Waals surface area (Å²) >= 11 is 5.74. The lowest BCUT2D eigenvalue weighted by Gasteiger charge is -2.43. The second-order valence-corrected chi connectivity index (χ2v) is 16.3. The maximum Gasteiger partial charge on any atom is 0.408 e. The number of benzene rings is 3. The van der Waals surface area contributed by atoms with Gasteiger partial charge in [-0.05, 0) is 121 Å². The highest BCUT2D eigenvalue weighted by atomic mass is 79.9. The summed E-state index contributed by atoms with van der Waals surface area (Å²) in [6.45, 7) is 7.26. The summed E-state index contributed by atoms with van der Waals surface area (Å²) in [4.78, 5) is 24.4. The number of carboxylic acid groups (broad SMARTS) is 1. The summed E-state index contributed by atoms with van der Waals surface area (Å²) in [6, 6.07) is 7.06. The summed E-state index contributed by atoms with van der Waals surface area (Å²) < 4.78 is 98.9. The zero-order valence-electron chi connectivity index (χ0n) is 23.7. The minimum absolute atomic E-state index is 0.148. The maximum atomic E-state index is 15.4. The minimum Gasteiger partial charge on any atom is -0.465 e. The van der Waals surface area contributed by atoms with Crippen LogP contribution in [0.2, 0.25) is 0 Å². The van der Waals surface area contributed by atoms with Gasteiger partial charge in [-0.3, -0.25) is 9.69 Å². The monoisotopic (exact) mass is 783 g/mol. The molecule has 3 rings (SSSR count). The van der Waals surface area contributed by atoms with Gasteiger partial charge in [0.15, 0.2) is 0 Å². The van der Waals surface area contributed by atoms with E-state index in [1.165, 1.54) is 13.8 Å². The number of nitrogens with zero attached hydrogens (tertiary/aromatic N) is 2.